The second kappa shape index (κ2) is 7.04. The van der Waals surface area contributed by atoms with Crippen LogP contribution in [0.3, 0.4) is 0 Å². The maximum atomic E-state index is 12.5. The van der Waals surface area contributed by atoms with Gasteiger partial charge >= 0.3 is 0 Å². The van der Waals surface area contributed by atoms with Crippen LogP contribution in [0.4, 0.5) is 0 Å². The summed E-state index contributed by atoms with van der Waals surface area (Å²) in [5.74, 6) is 0.0146. The lowest BCUT2D eigenvalue weighted by molar-refractivity contribution is -0.133. The molecule has 0 spiro atoms. The molecule has 2 rings (SSSR count). The molecule has 1 atom stereocenters. The Balaban J connectivity index is 2.11. The van der Waals surface area contributed by atoms with Gasteiger partial charge in [0.1, 0.15) is 6.54 Å². The van der Waals surface area contributed by atoms with Crippen molar-refractivity contribution in [1.82, 2.24) is 14.8 Å². The highest BCUT2D eigenvalue weighted by atomic mass is 79.9. The van der Waals surface area contributed by atoms with Crippen molar-refractivity contribution >= 4 is 21.8 Å². The van der Waals surface area contributed by atoms with Crippen molar-refractivity contribution in [3.63, 3.8) is 0 Å². The van der Waals surface area contributed by atoms with Gasteiger partial charge in [0.25, 0.3) is 5.56 Å². The summed E-state index contributed by atoms with van der Waals surface area (Å²) in [5, 5.41) is 3.28. The predicted octanol–water partition coefficient (Wildman–Crippen LogP) is 1.21. The van der Waals surface area contributed by atoms with Crippen LogP contribution in [0.5, 0.6) is 0 Å². The minimum atomic E-state index is -0.150. The number of hydrogen-bond acceptors (Lipinski definition) is 3. The Morgan fingerprint density at radius 1 is 1.55 bits per heavy atom. The number of rotatable bonds is 5. The normalized spacial score (nSPS) is 18.2. The van der Waals surface area contributed by atoms with E-state index in [9.17, 15) is 9.59 Å². The maximum Gasteiger partial charge on any atom is 0.251 e. The number of carbonyl (C=O) groups excluding carboxylic acids is 1. The standard InChI is InChI=1S/C14H20BrN3O2/c1-2-7-18(12-5-6-16-8-12)14(20)10-17-9-11(15)3-4-13(17)19/h3-4,9,12,16H,2,5-8,10H2,1H3. The zero-order chi connectivity index (χ0) is 14.5. The number of aromatic nitrogens is 1. The Bertz CT molecular complexity index is 523. The summed E-state index contributed by atoms with van der Waals surface area (Å²) in [6.45, 7) is 4.71. The first-order valence-corrected chi connectivity index (χ1v) is 7.77. The van der Waals surface area contributed by atoms with E-state index in [0.29, 0.717) is 0 Å². The van der Waals surface area contributed by atoms with E-state index in [1.54, 1.807) is 12.3 Å². The van der Waals surface area contributed by atoms with Crippen molar-refractivity contribution in [1.29, 1.82) is 0 Å². The third-order valence-electron chi connectivity index (χ3n) is 3.51. The molecule has 1 saturated heterocycles. The molecular weight excluding hydrogens is 322 g/mol. The Labute approximate surface area is 127 Å². The molecule has 1 fully saturated rings. The fourth-order valence-electron chi connectivity index (χ4n) is 2.52. The van der Waals surface area contributed by atoms with E-state index in [1.807, 2.05) is 4.90 Å². The topological polar surface area (TPSA) is 54.3 Å². The third-order valence-corrected chi connectivity index (χ3v) is 3.98. The van der Waals surface area contributed by atoms with Gasteiger partial charge < -0.3 is 14.8 Å². The number of nitrogens with zero attached hydrogens (tertiary/aromatic N) is 2. The first-order valence-electron chi connectivity index (χ1n) is 6.98. The quantitative estimate of drug-likeness (QED) is 0.875. The maximum absolute atomic E-state index is 12.5. The van der Waals surface area contributed by atoms with Crippen molar-refractivity contribution in [2.24, 2.45) is 0 Å². The van der Waals surface area contributed by atoms with E-state index < -0.39 is 0 Å². The highest BCUT2D eigenvalue weighted by Gasteiger charge is 2.25. The zero-order valence-corrected chi connectivity index (χ0v) is 13.2. The molecule has 1 N–H and O–H groups in total. The van der Waals surface area contributed by atoms with Crippen LogP contribution in [0.2, 0.25) is 0 Å². The SMILES string of the molecule is CCCN(C(=O)Cn1cc(Br)ccc1=O)C1CCNC1. The monoisotopic (exact) mass is 341 g/mol. The molecule has 0 aliphatic carbocycles. The molecule has 1 unspecified atom stereocenters. The summed E-state index contributed by atoms with van der Waals surface area (Å²) in [7, 11) is 0. The molecule has 5 nitrogen and oxygen atoms in total. The number of halogens is 1. The summed E-state index contributed by atoms with van der Waals surface area (Å²) in [4.78, 5) is 26.2. The van der Waals surface area contributed by atoms with Gasteiger partial charge in [-0.2, -0.15) is 0 Å². The van der Waals surface area contributed by atoms with Crippen LogP contribution >= 0.6 is 15.9 Å². The number of amides is 1. The third kappa shape index (κ3) is 3.70. The molecule has 20 heavy (non-hydrogen) atoms. The molecule has 0 bridgehead atoms. The average molecular weight is 342 g/mol. The summed E-state index contributed by atoms with van der Waals surface area (Å²) >= 11 is 3.33. The predicted molar refractivity (Wildman–Crippen MR) is 81.7 cm³/mol. The van der Waals surface area contributed by atoms with E-state index in [2.05, 4.69) is 28.2 Å². The molecule has 1 aromatic heterocycles. The van der Waals surface area contributed by atoms with Crippen LogP contribution in [0, 0.1) is 0 Å². The van der Waals surface area contributed by atoms with Gasteiger partial charge in [0.15, 0.2) is 0 Å². The number of carbonyl (C=O) groups is 1. The minimum absolute atomic E-state index is 0.0146. The number of nitrogens with one attached hydrogen (secondary N) is 1. The fraction of sp³-hybridized carbons (Fsp3) is 0.571. The van der Waals surface area contributed by atoms with Gasteiger partial charge in [-0.15, -0.1) is 0 Å². The first-order chi connectivity index (χ1) is 9.61. The lowest BCUT2D eigenvalue weighted by atomic mass is 10.2. The van der Waals surface area contributed by atoms with Crippen molar-refractivity contribution in [3.8, 4) is 0 Å². The first kappa shape index (κ1) is 15.3. The van der Waals surface area contributed by atoms with Crippen LogP contribution in [0.15, 0.2) is 27.6 Å². The van der Waals surface area contributed by atoms with Gasteiger partial charge in [-0.3, -0.25) is 9.59 Å². The average Bonchev–Trinajstić information content (AvgIpc) is 2.93. The molecule has 1 aromatic rings. The van der Waals surface area contributed by atoms with Gasteiger partial charge in [0, 0.05) is 35.9 Å². The van der Waals surface area contributed by atoms with Gasteiger partial charge in [-0.05, 0) is 41.4 Å². The lowest BCUT2D eigenvalue weighted by Gasteiger charge is -2.28. The van der Waals surface area contributed by atoms with Crippen molar-refractivity contribution in [2.75, 3.05) is 19.6 Å². The molecular formula is C14H20BrN3O2. The molecule has 0 saturated carbocycles. The van der Waals surface area contributed by atoms with Gasteiger partial charge in [-0.1, -0.05) is 6.92 Å². The van der Waals surface area contributed by atoms with E-state index in [0.717, 1.165) is 36.9 Å². The molecule has 0 radical (unpaired) electrons. The zero-order valence-electron chi connectivity index (χ0n) is 11.6. The summed E-state index contributed by atoms with van der Waals surface area (Å²) in [6, 6.07) is 3.41. The fourth-order valence-corrected chi connectivity index (χ4v) is 2.90. The van der Waals surface area contributed by atoms with Crippen LogP contribution < -0.4 is 10.9 Å². The van der Waals surface area contributed by atoms with E-state index >= 15 is 0 Å². The Hall–Kier alpha value is -1.14. The van der Waals surface area contributed by atoms with Crippen molar-refractivity contribution in [2.45, 2.75) is 32.4 Å². The second-order valence-corrected chi connectivity index (χ2v) is 5.96. The van der Waals surface area contributed by atoms with Gasteiger partial charge in [0.05, 0.1) is 0 Å². The van der Waals surface area contributed by atoms with Gasteiger partial charge in [-0.25, -0.2) is 0 Å². The number of hydrogen-bond donors (Lipinski definition) is 1. The molecule has 110 valence electrons. The van der Waals surface area contributed by atoms with Crippen LogP contribution in [-0.4, -0.2) is 41.1 Å². The van der Waals surface area contributed by atoms with E-state index in [4.69, 9.17) is 0 Å². The van der Waals surface area contributed by atoms with Gasteiger partial charge in [0.2, 0.25) is 5.91 Å². The van der Waals surface area contributed by atoms with Crippen LogP contribution in [-0.2, 0) is 11.3 Å². The van der Waals surface area contributed by atoms with E-state index in [1.165, 1.54) is 10.6 Å². The summed E-state index contributed by atoms with van der Waals surface area (Å²) in [5.41, 5.74) is -0.150. The van der Waals surface area contributed by atoms with Crippen LogP contribution in [0.25, 0.3) is 0 Å². The Morgan fingerprint density at radius 3 is 3.00 bits per heavy atom. The molecule has 0 aromatic carbocycles. The molecule has 2 heterocycles. The molecule has 1 aliphatic heterocycles. The molecule has 6 heteroatoms. The summed E-state index contributed by atoms with van der Waals surface area (Å²) in [6.07, 6.45) is 3.58. The lowest BCUT2D eigenvalue weighted by Crippen LogP contribution is -2.44. The van der Waals surface area contributed by atoms with Crippen molar-refractivity contribution in [3.05, 3.63) is 33.2 Å². The Morgan fingerprint density at radius 2 is 2.35 bits per heavy atom. The summed E-state index contributed by atoms with van der Waals surface area (Å²) < 4.78 is 2.26. The van der Waals surface area contributed by atoms with Crippen LogP contribution in [0.1, 0.15) is 19.8 Å². The Kier molecular flexibility index (Phi) is 5.37. The highest BCUT2D eigenvalue weighted by molar-refractivity contribution is 9.10. The molecule has 1 amide bonds. The highest BCUT2D eigenvalue weighted by Crippen LogP contribution is 2.11. The molecule has 1 aliphatic rings. The smallest absolute Gasteiger partial charge is 0.251 e. The van der Waals surface area contributed by atoms with E-state index in [-0.39, 0.29) is 24.1 Å². The number of pyridine rings is 1. The largest absolute Gasteiger partial charge is 0.337 e. The minimum Gasteiger partial charge on any atom is -0.337 e. The van der Waals surface area contributed by atoms with Crippen molar-refractivity contribution < 1.29 is 4.79 Å². The second-order valence-electron chi connectivity index (χ2n) is 5.05.